The molecule has 1 heterocycles. The summed E-state index contributed by atoms with van der Waals surface area (Å²) >= 11 is 8.17. The fraction of sp³-hybridized carbons (Fsp3) is 0.500. The van der Waals surface area contributed by atoms with E-state index in [0.717, 1.165) is 23.0 Å². The van der Waals surface area contributed by atoms with Crippen molar-refractivity contribution in [2.24, 2.45) is 11.7 Å². The van der Waals surface area contributed by atoms with Crippen LogP contribution in [0.3, 0.4) is 0 Å². The number of amides is 1. The van der Waals surface area contributed by atoms with Gasteiger partial charge in [0, 0.05) is 27.7 Å². The number of nitrogens with zero attached hydrogens (tertiary/aromatic N) is 1. The van der Waals surface area contributed by atoms with E-state index in [-0.39, 0.29) is 24.4 Å². The topological polar surface area (TPSA) is 46.3 Å². The van der Waals surface area contributed by atoms with Gasteiger partial charge in [0.1, 0.15) is 0 Å². The number of carbonyl (C=O) groups excluding carboxylic acids is 1. The number of hydrogen-bond acceptors (Lipinski definition) is 2. The van der Waals surface area contributed by atoms with Crippen LogP contribution in [0.25, 0.3) is 0 Å². The van der Waals surface area contributed by atoms with Gasteiger partial charge in [-0.15, -0.1) is 12.4 Å². The predicted molar refractivity (Wildman–Crippen MR) is 93.7 cm³/mol. The van der Waals surface area contributed by atoms with Crippen LogP contribution in [-0.4, -0.2) is 29.9 Å². The third-order valence-electron chi connectivity index (χ3n) is 3.67. The SMILES string of the molecule is CC1CCN(C(=O)c2cc(Cl)ccc2I)C(CN)C1.Cl. The Kier molecular flexibility index (Phi) is 7.04. The lowest BCUT2D eigenvalue weighted by Crippen LogP contribution is -2.49. The summed E-state index contributed by atoms with van der Waals surface area (Å²) in [6.07, 6.45) is 2.03. The summed E-state index contributed by atoms with van der Waals surface area (Å²) < 4.78 is 0.932. The Morgan fingerprint density at radius 3 is 2.90 bits per heavy atom. The van der Waals surface area contributed by atoms with Gasteiger partial charge in [0.25, 0.3) is 5.91 Å². The van der Waals surface area contributed by atoms with Crippen LogP contribution in [-0.2, 0) is 0 Å². The fourth-order valence-corrected chi connectivity index (χ4v) is 3.30. The molecule has 0 saturated carbocycles. The summed E-state index contributed by atoms with van der Waals surface area (Å²) in [5, 5.41) is 0.596. The summed E-state index contributed by atoms with van der Waals surface area (Å²) in [5.74, 6) is 0.685. The van der Waals surface area contributed by atoms with Crippen LogP contribution in [0, 0.1) is 9.49 Å². The van der Waals surface area contributed by atoms with E-state index in [1.807, 2.05) is 11.0 Å². The zero-order valence-electron chi connectivity index (χ0n) is 11.3. The maximum Gasteiger partial charge on any atom is 0.255 e. The monoisotopic (exact) mass is 428 g/mol. The van der Waals surface area contributed by atoms with Gasteiger partial charge in [0.15, 0.2) is 0 Å². The van der Waals surface area contributed by atoms with Gasteiger partial charge in [-0.25, -0.2) is 0 Å². The normalized spacial score (nSPS) is 22.3. The minimum absolute atomic E-state index is 0. The molecule has 112 valence electrons. The van der Waals surface area contributed by atoms with Crippen molar-refractivity contribution in [2.75, 3.05) is 13.1 Å². The summed E-state index contributed by atoms with van der Waals surface area (Å²) in [6.45, 7) is 3.52. The Morgan fingerprint density at radius 1 is 1.55 bits per heavy atom. The molecular weight excluding hydrogens is 410 g/mol. The predicted octanol–water partition coefficient (Wildman–Crippen LogP) is 3.57. The summed E-state index contributed by atoms with van der Waals surface area (Å²) in [7, 11) is 0. The number of benzene rings is 1. The fourth-order valence-electron chi connectivity index (χ4n) is 2.56. The second kappa shape index (κ2) is 7.82. The van der Waals surface area contributed by atoms with Crippen molar-refractivity contribution in [3.8, 4) is 0 Å². The average molecular weight is 429 g/mol. The molecule has 1 aromatic carbocycles. The molecule has 1 aromatic rings. The molecule has 3 nitrogen and oxygen atoms in total. The van der Waals surface area contributed by atoms with E-state index in [1.54, 1.807) is 12.1 Å². The number of carbonyl (C=O) groups is 1. The highest BCUT2D eigenvalue weighted by molar-refractivity contribution is 14.1. The summed E-state index contributed by atoms with van der Waals surface area (Å²) in [4.78, 5) is 14.6. The maximum absolute atomic E-state index is 12.7. The van der Waals surface area contributed by atoms with Crippen LogP contribution in [0.1, 0.15) is 30.1 Å². The van der Waals surface area contributed by atoms with Gasteiger partial charge in [-0.1, -0.05) is 18.5 Å². The highest BCUT2D eigenvalue weighted by atomic mass is 127. The van der Waals surface area contributed by atoms with Crippen molar-refractivity contribution in [2.45, 2.75) is 25.8 Å². The quantitative estimate of drug-likeness (QED) is 0.732. The van der Waals surface area contributed by atoms with Crippen LogP contribution in [0.5, 0.6) is 0 Å². The Morgan fingerprint density at radius 2 is 2.25 bits per heavy atom. The molecule has 0 aromatic heterocycles. The molecule has 1 aliphatic heterocycles. The Hall–Kier alpha value is -0.0400. The van der Waals surface area contributed by atoms with Crippen molar-refractivity contribution >= 4 is 52.5 Å². The number of hydrogen-bond donors (Lipinski definition) is 1. The molecule has 0 bridgehead atoms. The number of halogens is 3. The van der Waals surface area contributed by atoms with Crippen molar-refractivity contribution < 1.29 is 4.79 Å². The highest BCUT2D eigenvalue weighted by Gasteiger charge is 2.30. The average Bonchev–Trinajstić information content (AvgIpc) is 2.40. The molecule has 2 rings (SSSR count). The molecule has 2 atom stereocenters. The third-order valence-corrected chi connectivity index (χ3v) is 4.85. The molecule has 1 fully saturated rings. The first-order valence-corrected chi connectivity index (χ1v) is 7.94. The first-order chi connectivity index (χ1) is 9.02. The van der Waals surface area contributed by atoms with Crippen molar-refractivity contribution in [3.05, 3.63) is 32.4 Å². The highest BCUT2D eigenvalue weighted by Crippen LogP contribution is 2.26. The van der Waals surface area contributed by atoms with E-state index in [9.17, 15) is 4.79 Å². The molecule has 1 saturated heterocycles. The minimum atomic E-state index is 0. The number of piperidine rings is 1. The van der Waals surface area contributed by atoms with Gasteiger partial charge in [-0.05, 0) is 59.5 Å². The molecule has 1 aliphatic rings. The molecular formula is C14H19Cl2IN2O. The van der Waals surface area contributed by atoms with E-state index < -0.39 is 0 Å². The lowest BCUT2D eigenvalue weighted by molar-refractivity contribution is 0.0572. The van der Waals surface area contributed by atoms with E-state index >= 15 is 0 Å². The molecule has 20 heavy (non-hydrogen) atoms. The van der Waals surface area contributed by atoms with Gasteiger partial charge in [0.2, 0.25) is 0 Å². The molecule has 0 aliphatic carbocycles. The zero-order valence-corrected chi connectivity index (χ0v) is 15.0. The summed E-state index contributed by atoms with van der Waals surface area (Å²) in [6, 6.07) is 5.57. The van der Waals surface area contributed by atoms with Gasteiger partial charge < -0.3 is 10.6 Å². The van der Waals surface area contributed by atoms with Crippen molar-refractivity contribution in [1.29, 1.82) is 0 Å². The lowest BCUT2D eigenvalue weighted by Gasteiger charge is -2.38. The van der Waals surface area contributed by atoms with Crippen LogP contribution in [0.4, 0.5) is 0 Å². The van der Waals surface area contributed by atoms with E-state index in [2.05, 4.69) is 29.5 Å². The largest absolute Gasteiger partial charge is 0.334 e. The third kappa shape index (κ3) is 4.00. The summed E-state index contributed by atoms with van der Waals surface area (Å²) in [5.41, 5.74) is 6.50. The van der Waals surface area contributed by atoms with Gasteiger partial charge >= 0.3 is 0 Å². The molecule has 2 N–H and O–H groups in total. The van der Waals surface area contributed by atoms with Crippen molar-refractivity contribution in [1.82, 2.24) is 4.90 Å². The Balaban J connectivity index is 0.00000200. The van der Waals surface area contributed by atoms with Gasteiger partial charge in [-0.3, -0.25) is 4.79 Å². The smallest absolute Gasteiger partial charge is 0.255 e. The first kappa shape index (κ1) is 18.0. The zero-order chi connectivity index (χ0) is 14.0. The van der Waals surface area contributed by atoms with E-state index in [1.165, 1.54) is 0 Å². The Bertz CT molecular complexity index is 484. The van der Waals surface area contributed by atoms with Crippen LogP contribution in [0.2, 0.25) is 5.02 Å². The molecule has 6 heteroatoms. The number of nitrogens with two attached hydrogens (primary N) is 1. The van der Waals surface area contributed by atoms with E-state index in [0.29, 0.717) is 23.0 Å². The van der Waals surface area contributed by atoms with Crippen molar-refractivity contribution in [3.63, 3.8) is 0 Å². The van der Waals surface area contributed by atoms with Gasteiger partial charge in [-0.2, -0.15) is 0 Å². The minimum Gasteiger partial charge on any atom is -0.334 e. The molecule has 0 radical (unpaired) electrons. The number of likely N-dealkylation sites (tertiary alicyclic amines) is 1. The standard InChI is InChI=1S/C14H18ClIN2O.ClH/c1-9-4-5-18(11(6-9)8-17)14(19)12-7-10(15)2-3-13(12)16;/h2-3,7,9,11H,4-6,8,17H2,1H3;1H. The van der Waals surface area contributed by atoms with Gasteiger partial charge in [0.05, 0.1) is 5.56 Å². The first-order valence-electron chi connectivity index (χ1n) is 6.49. The molecule has 0 spiro atoms. The molecule has 1 amide bonds. The maximum atomic E-state index is 12.7. The number of rotatable bonds is 2. The lowest BCUT2D eigenvalue weighted by atomic mass is 9.92. The van der Waals surface area contributed by atoms with E-state index in [4.69, 9.17) is 17.3 Å². The Labute approximate surface area is 144 Å². The van der Waals surface area contributed by atoms with Crippen LogP contribution in [0.15, 0.2) is 18.2 Å². The molecule has 2 unspecified atom stereocenters. The second-order valence-electron chi connectivity index (χ2n) is 5.14. The van der Waals surface area contributed by atoms with Crippen LogP contribution < -0.4 is 5.73 Å². The van der Waals surface area contributed by atoms with Crippen LogP contribution >= 0.6 is 46.6 Å². The second-order valence-corrected chi connectivity index (χ2v) is 6.74.